The smallest absolute Gasteiger partial charge is 0.240 e. The van der Waals surface area contributed by atoms with Crippen LogP contribution in [0.25, 0.3) is 22.0 Å². The van der Waals surface area contributed by atoms with E-state index in [1.54, 1.807) is 6.20 Å². The number of fused-ring (bicyclic) bond motifs is 1. The lowest BCUT2D eigenvalue weighted by Crippen LogP contribution is -2.34. The van der Waals surface area contributed by atoms with E-state index in [0.717, 1.165) is 33.7 Å². The van der Waals surface area contributed by atoms with Gasteiger partial charge in [0.1, 0.15) is 18.2 Å². The van der Waals surface area contributed by atoms with Gasteiger partial charge in [-0.05, 0) is 62.6 Å². The fraction of sp³-hybridized carbons (Fsp3) is 0.182. The number of aryl methyl sites for hydroxylation is 1. The van der Waals surface area contributed by atoms with Crippen LogP contribution < -0.4 is 5.32 Å². The second kappa shape index (κ2) is 11.2. The van der Waals surface area contributed by atoms with Crippen molar-refractivity contribution in [3.63, 3.8) is 0 Å². The van der Waals surface area contributed by atoms with Crippen molar-refractivity contribution in [2.75, 3.05) is 0 Å². The molecule has 1 atom stereocenters. The molecule has 0 bridgehead atoms. The number of hydrogen-bond acceptors (Lipinski definition) is 3. The molecule has 0 aliphatic heterocycles. The lowest BCUT2D eigenvalue weighted by Gasteiger charge is -2.22. The summed E-state index contributed by atoms with van der Waals surface area (Å²) in [5.41, 5.74) is 5.87. The summed E-state index contributed by atoms with van der Waals surface area (Å²) < 4.78 is 30.0. The van der Waals surface area contributed by atoms with Crippen LogP contribution in [0.5, 0.6) is 0 Å². The Morgan fingerprint density at radius 1 is 0.925 bits per heavy atom. The Hall–Kier alpha value is -4.65. The van der Waals surface area contributed by atoms with Gasteiger partial charge in [0.15, 0.2) is 5.78 Å². The first-order valence-corrected chi connectivity index (χ1v) is 13.1. The average molecular weight is 538 g/mol. The van der Waals surface area contributed by atoms with Gasteiger partial charge in [0, 0.05) is 40.0 Å². The predicted molar refractivity (Wildman–Crippen MR) is 152 cm³/mol. The van der Waals surface area contributed by atoms with E-state index < -0.39 is 17.7 Å². The van der Waals surface area contributed by atoms with Gasteiger partial charge in [-0.3, -0.25) is 14.6 Å². The lowest BCUT2D eigenvalue weighted by atomic mass is 9.95. The van der Waals surface area contributed by atoms with Crippen molar-refractivity contribution in [2.45, 2.75) is 39.8 Å². The second-order valence-electron chi connectivity index (χ2n) is 10.0. The number of pyridine rings is 1. The van der Waals surface area contributed by atoms with Crippen LogP contribution in [0, 0.1) is 25.5 Å². The summed E-state index contributed by atoms with van der Waals surface area (Å²) in [5.74, 6) is -1.77. The van der Waals surface area contributed by atoms with Crippen LogP contribution in [0.2, 0.25) is 0 Å². The van der Waals surface area contributed by atoms with Gasteiger partial charge >= 0.3 is 0 Å². The number of para-hydroxylation sites is 1. The fourth-order valence-corrected chi connectivity index (χ4v) is 5.32. The second-order valence-corrected chi connectivity index (χ2v) is 10.0. The summed E-state index contributed by atoms with van der Waals surface area (Å²) in [6.07, 6.45) is 1.77. The molecule has 5 nitrogen and oxygen atoms in total. The summed E-state index contributed by atoms with van der Waals surface area (Å²) in [5, 5.41) is 3.86. The first kappa shape index (κ1) is 26.9. The van der Waals surface area contributed by atoms with Crippen LogP contribution in [-0.2, 0) is 17.8 Å². The van der Waals surface area contributed by atoms with Gasteiger partial charge in [0.2, 0.25) is 5.91 Å². The van der Waals surface area contributed by atoms with Crippen LogP contribution in [0.15, 0.2) is 85.1 Å². The third-order valence-corrected chi connectivity index (χ3v) is 7.11. The molecule has 0 aliphatic rings. The highest BCUT2D eigenvalue weighted by atomic mass is 19.1. The highest BCUT2D eigenvalue weighted by molar-refractivity contribution is 6.08. The molecule has 0 radical (unpaired) electrons. The number of nitrogens with zero attached hydrogens (tertiary/aromatic N) is 2. The molecule has 40 heavy (non-hydrogen) atoms. The molecule has 1 N–H and O–H groups in total. The molecule has 7 heteroatoms. The first-order chi connectivity index (χ1) is 19.2. The van der Waals surface area contributed by atoms with Gasteiger partial charge in [0.05, 0.1) is 11.7 Å². The van der Waals surface area contributed by atoms with Gasteiger partial charge in [-0.25, -0.2) is 8.78 Å². The Morgan fingerprint density at radius 2 is 1.62 bits per heavy atom. The molecule has 1 unspecified atom stereocenters. The third kappa shape index (κ3) is 5.54. The van der Waals surface area contributed by atoms with E-state index >= 15 is 0 Å². The normalized spacial score (nSPS) is 11.9. The number of halogens is 2. The largest absolute Gasteiger partial charge is 0.346 e. The lowest BCUT2D eigenvalue weighted by molar-refractivity contribution is -0.122. The number of amides is 1. The Balaban J connectivity index is 1.53. The molecule has 2 aromatic heterocycles. The van der Waals surface area contributed by atoms with Gasteiger partial charge in [-0.15, -0.1) is 0 Å². The van der Waals surface area contributed by atoms with Gasteiger partial charge in [-0.1, -0.05) is 54.1 Å². The van der Waals surface area contributed by atoms with Gasteiger partial charge in [0.25, 0.3) is 0 Å². The first-order valence-electron chi connectivity index (χ1n) is 13.1. The minimum atomic E-state index is -0.689. The van der Waals surface area contributed by atoms with Crippen molar-refractivity contribution in [1.82, 2.24) is 14.9 Å². The minimum Gasteiger partial charge on any atom is -0.346 e. The van der Waals surface area contributed by atoms with Gasteiger partial charge in [-0.2, -0.15) is 0 Å². The number of benzene rings is 3. The number of nitrogens with one attached hydrogen (secondary N) is 1. The monoisotopic (exact) mass is 537 g/mol. The molecule has 0 aliphatic carbocycles. The van der Waals surface area contributed by atoms with Crippen molar-refractivity contribution in [2.24, 2.45) is 0 Å². The third-order valence-electron chi connectivity index (χ3n) is 7.11. The number of ketones is 1. The Morgan fingerprint density at radius 3 is 2.33 bits per heavy atom. The van der Waals surface area contributed by atoms with Crippen LogP contribution in [0.1, 0.15) is 45.8 Å². The number of rotatable bonds is 8. The molecule has 1 amide bonds. The maximum Gasteiger partial charge on any atom is 0.240 e. The zero-order valence-corrected chi connectivity index (χ0v) is 22.5. The number of aromatic nitrogens is 2. The topological polar surface area (TPSA) is 64.0 Å². The van der Waals surface area contributed by atoms with E-state index in [9.17, 15) is 18.4 Å². The highest BCUT2D eigenvalue weighted by Crippen LogP contribution is 2.30. The number of Topliss-reactive ketones (excluding diaryl/α,β-unsaturated/α-hetero) is 1. The van der Waals surface area contributed by atoms with Crippen molar-refractivity contribution in [3.8, 4) is 11.1 Å². The maximum absolute atomic E-state index is 14.1. The molecule has 0 fully saturated rings. The summed E-state index contributed by atoms with van der Waals surface area (Å²) in [6.45, 7) is 5.30. The molecule has 0 saturated carbocycles. The van der Waals surface area contributed by atoms with Gasteiger partial charge < -0.3 is 9.88 Å². The Bertz CT molecular complexity index is 1700. The molecular weight excluding hydrogens is 508 g/mol. The van der Waals surface area contributed by atoms with Crippen molar-refractivity contribution in [1.29, 1.82) is 0 Å². The maximum atomic E-state index is 14.1. The van der Waals surface area contributed by atoms with Crippen LogP contribution in [-0.4, -0.2) is 21.2 Å². The molecule has 202 valence electrons. The number of hydrogen-bond donors (Lipinski definition) is 1. The summed E-state index contributed by atoms with van der Waals surface area (Å²) in [6, 6.07) is 21.8. The van der Waals surface area contributed by atoms with E-state index in [1.807, 2.05) is 79.1 Å². The number of carbonyl (C=O) groups is 2. The molecular formula is C33H29F2N3O2. The average Bonchev–Trinajstić information content (AvgIpc) is 3.19. The fourth-order valence-electron chi connectivity index (χ4n) is 5.32. The summed E-state index contributed by atoms with van der Waals surface area (Å²) >= 11 is 0. The molecule has 3 aromatic carbocycles. The van der Waals surface area contributed by atoms with E-state index in [2.05, 4.69) is 10.3 Å². The minimum absolute atomic E-state index is 0.0413. The van der Waals surface area contributed by atoms with E-state index in [4.69, 9.17) is 0 Å². The van der Waals surface area contributed by atoms with Crippen molar-refractivity contribution in [3.05, 3.63) is 125 Å². The standard InChI is InChI=1S/C33H29F2N3O2/c1-20-10-12-24(13-11-20)27-8-6-14-36-33(27)29(17-23-15-25(34)18-26(35)16-23)37-31(40)19-38-21(2)32(22(3)39)28-7-4-5-9-30(28)38/h4-16,18,29H,17,19H2,1-3H3,(H,37,40). The van der Waals surface area contributed by atoms with E-state index in [0.29, 0.717) is 22.5 Å². The molecule has 0 spiro atoms. The molecule has 5 rings (SSSR count). The SMILES string of the molecule is CC(=O)c1c(C)n(CC(=O)NC(Cc2cc(F)cc(F)c2)c2ncccc2-c2ccc(C)cc2)c2ccccc12. The summed E-state index contributed by atoms with van der Waals surface area (Å²) in [4.78, 5) is 30.6. The quantitative estimate of drug-likeness (QED) is 0.219. The molecule has 5 aromatic rings. The number of carbonyl (C=O) groups excluding carboxylic acids is 2. The molecule has 0 saturated heterocycles. The predicted octanol–water partition coefficient (Wildman–Crippen LogP) is 6.90. The zero-order valence-electron chi connectivity index (χ0n) is 22.5. The molecule has 2 heterocycles. The van der Waals surface area contributed by atoms with Crippen LogP contribution in [0.4, 0.5) is 8.78 Å². The van der Waals surface area contributed by atoms with E-state index in [-0.39, 0.29) is 24.7 Å². The summed E-state index contributed by atoms with van der Waals surface area (Å²) in [7, 11) is 0. The van der Waals surface area contributed by atoms with E-state index in [1.165, 1.54) is 19.1 Å². The van der Waals surface area contributed by atoms with Crippen molar-refractivity contribution >= 4 is 22.6 Å². The van der Waals surface area contributed by atoms with Crippen molar-refractivity contribution < 1.29 is 18.4 Å². The van der Waals surface area contributed by atoms with Crippen LogP contribution in [0.3, 0.4) is 0 Å². The van der Waals surface area contributed by atoms with Crippen LogP contribution >= 0.6 is 0 Å². The Kier molecular flexibility index (Phi) is 7.56. The Labute approximate surface area is 231 Å². The zero-order chi connectivity index (χ0) is 28.4. The highest BCUT2D eigenvalue weighted by Gasteiger charge is 2.23.